The highest BCUT2D eigenvalue weighted by Crippen LogP contribution is 2.30. The average Bonchev–Trinajstić information content (AvgIpc) is 2.95. The van der Waals surface area contributed by atoms with E-state index in [1.165, 1.54) is 0 Å². The van der Waals surface area contributed by atoms with E-state index in [1.54, 1.807) is 0 Å². The third kappa shape index (κ3) is 3.64. The van der Waals surface area contributed by atoms with Crippen LogP contribution in [-0.4, -0.2) is 17.5 Å². The fraction of sp³-hybridized carbons (Fsp3) is 0.250. The monoisotopic (exact) mass is 356 g/mol. The van der Waals surface area contributed by atoms with E-state index in [1.807, 2.05) is 50.2 Å². The van der Waals surface area contributed by atoms with Gasteiger partial charge in [0.25, 0.3) is 5.91 Å². The predicted octanol–water partition coefficient (Wildman–Crippen LogP) is 4.55. The maximum atomic E-state index is 11.7. The molecule has 0 saturated carbocycles. The molecule has 4 nitrogen and oxygen atoms in total. The van der Waals surface area contributed by atoms with Crippen molar-refractivity contribution < 1.29 is 9.53 Å². The minimum atomic E-state index is -0.440. The number of aromatic amines is 1. The molecule has 0 spiro atoms. The first-order valence-corrected chi connectivity index (χ1v) is 8.64. The van der Waals surface area contributed by atoms with Crippen molar-refractivity contribution in [2.24, 2.45) is 5.73 Å². The molecular weight excluding hydrogens is 336 g/mol. The second-order valence-electron chi connectivity index (χ2n) is 6.23. The van der Waals surface area contributed by atoms with Gasteiger partial charge in [0.1, 0.15) is 11.4 Å². The maximum Gasteiger partial charge on any atom is 0.265 e. The number of nitrogens with one attached hydrogen (secondary N) is 1. The molecule has 0 aliphatic rings. The van der Waals surface area contributed by atoms with Crippen LogP contribution in [-0.2, 0) is 6.42 Å². The van der Waals surface area contributed by atoms with E-state index >= 15 is 0 Å². The van der Waals surface area contributed by atoms with E-state index in [-0.39, 0.29) is 0 Å². The molecule has 1 amide bonds. The number of hydrogen-bond acceptors (Lipinski definition) is 2. The molecule has 0 unspecified atom stereocenters. The number of carbonyl (C=O) groups excluding carboxylic acids is 1. The van der Waals surface area contributed by atoms with Gasteiger partial charge >= 0.3 is 0 Å². The van der Waals surface area contributed by atoms with Gasteiger partial charge in [0, 0.05) is 10.9 Å². The first-order chi connectivity index (χ1) is 12.0. The zero-order valence-electron chi connectivity index (χ0n) is 14.4. The SMILES string of the molecule is Cc1cc(C)c(Cl)c(OCCCc2c(C(N)=O)[nH]c3ccccc23)c1. The molecule has 3 N–H and O–H groups in total. The van der Waals surface area contributed by atoms with E-state index in [2.05, 4.69) is 4.98 Å². The summed E-state index contributed by atoms with van der Waals surface area (Å²) in [4.78, 5) is 14.8. The number of hydrogen-bond donors (Lipinski definition) is 2. The fourth-order valence-corrected chi connectivity index (χ4v) is 3.28. The summed E-state index contributed by atoms with van der Waals surface area (Å²) < 4.78 is 5.85. The molecule has 3 rings (SSSR count). The highest BCUT2D eigenvalue weighted by atomic mass is 35.5. The quantitative estimate of drug-likeness (QED) is 0.636. The molecule has 0 bridgehead atoms. The number of benzene rings is 2. The molecule has 1 heterocycles. The molecule has 0 aliphatic heterocycles. The lowest BCUT2D eigenvalue weighted by Gasteiger charge is -2.11. The van der Waals surface area contributed by atoms with Crippen molar-refractivity contribution in [3.05, 3.63) is 63.8 Å². The third-order valence-electron chi connectivity index (χ3n) is 4.25. The van der Waals surface area contributed by atoms with Crippen LogP contribution in [0.2, 0.25) is 5.02 Å². The molecule has 2 aromatic carbocycles. The van der Waals surface area contributed by atoms with Crippen LogP contribution in [0.25, 0.3) is 10.9 Å². The van der Waals surface area contributed by atoms with Crippen molar-refractivity contribution in [3.63, 3.8) is 0 Å². The van der Waals surface area contributed by atoms with E-state index in [0.29, 0.717) is 29.5 Å². The predicted molar refractivity (Wildman–Crippen MR) is 102 cm³/mol. The number of H-pyrrole nitrogens is 1. The lowest BCUT2D eigenvalue weighted by molar-refractivity contribution is 0.0995. The van der Waals surface area contributed by atoms with Crippen LogP contribution in [0.1, 0.15) is 33.6 Å². The number of rotatable bonds is 6. The zero-order chi connectivity index (χ0) is 18.0. The van der Waals surface area contributed by atoms with Gasteiger partial charge < -0.3 is 15.5 Å². The van der Waals surface area contributed by atoms with Gasteiger partial charge in [-0.15, -0.1) is 0 Å². The summed E-state index contributed by atoms with van der Waals surface area (Å²) >= 11 is 6.30. The van der Waals surface area contributed by atoms with Gasteiger partial charge in [0.15, 0.2) is 0 Å². The van der Waals surface area contributed by atoms with Gasteiger partial charge in [-0.25, -0.2) is 0 Å². The Morgan fingerprint density at radius 1 is 1.24 bits per heavy atom. The summed E-state index contributed by atoms with van der Waals surface area (Å²) in [7, 11) is 0. The standard InChI is InChI=1S/C20H21ClN2O2/c1-12-10-13(2)18(21)17(11-12)25-9-5-7-15-14-6-3-4-8-16(14)23-19(15)20(22)24/h3-4,6,8,10-11,23H,5,7,9H2,1-2H3,(H2,22,24). The zero-order valence-corrected chi connectivity index (χ0v) is 15.1. The first kappa shape index (κ1) is 17.4. The van der Waals surface area contributed by atoms with Gasteiger partial charge in [-0.2, -0.15) is 0 Å². The highest BCUT2D eigenvalue weighted by molar-refractivity contribution is 6.32. The molecular formula is C20H21ClN2O2. The topological polar surface area (TPSA) is 68.1 Å². The molecule has 0 atom stereocenters. The molecule has 3 aromatic rings. The Morgan fingerprint density at radius 2 is 2.00 bits per heavy atom. The number of nitrogens with two attached hydrogens (primary N) is 1. The Morgan fingerprint density at radius 3 is 2.76 bits per heavy atom. The number of carbonyl (C=O) groups is 1. The third-order valence-corrected chi connectivity index (χ3v) is 4.74. The molecule has 0 aliphatic carbocycles. The molecule has 1 aromatic heterocycles. The Kier molecular flexibility index (Phi) is 5.00. The lowest BCUT2D eigenvalue weighted by Crippen LogP contribution is -2.14. The number of aryl methyl sites for hydroxylation is 3. The van der Waals surface area contributed by atoms with Crippen LogP contribution in [0.4, 0.5) is 0 Å². The Balaban J connectivity index is 1.72. The molecule has 0 fully saturated rings. The normalized spacial score (nSPS) is 11.0. The Hall–Kier alpha value is -2.46. The largest absolute Gasteiger partial charge is 0.492 e. The van der Waals surface area contributed by atoms with Crippen molar-refractivity contribution in [1.82, 2.24) is 4.98 Å². The Labute approximate surface area is 151 Å². The van der Waals surface area contributed by atoms with Crippen LogP contribution < -0.4 is 10.5 Å². The smallest absolute Gasteiger partial charge is 0.265 e. The van der Waals surface area contributed by atoms with Crippen LogP contribution in [0, 0.1) is 13.8 Å². The van der Waals surface area contributed by atoms with Crippen LogP contribution in [0.5, 0.6) is 5.75 Å². The second kappa shape index (κ2) is 7.19. The highest BCUT2D eigenvalue weighted by Gasteiger charge is 2.15. The van der Waals surface area contributed by atoms with Gasteiger partial charge in [-0.3, -0.25) is 4.79 Å². The summed E-state index contributed by atoms with van der Waals surface area (Å²) in [5, 5.41) is 1.68. The number of primary amides is 1. The summed E-state index contributed by atoms with van der Waals surface area (Å²) in [6.07, 6.45) is 1.45. The minimum absolute atomic E-state index is 0.440. The van der Waals surface area contributed by atoms with Crippen LogP contribution in [0.3, 0.4) is 0 Å². The van der Waals surface area contributed by atoms with Gasteiger partial charge in [-0.05, 0) is 55.5 Å². The second-order valence-corrected chi connectivity index (χ2v) is 6.61. The van der Waals surface area contributed by atoms with Gasteiger partial charge in [0.05, 0.1) is 11.6 Å². The minimum Gasteiger partial charge on any atom is -0.492 e. The van der Waals surface area contributed by atoms with Crippen LogP contribution >= 0.6 is 11.6 Å². The van der Waals surface area contributed by atoms with Gasteiger partial charge in [0.2, 0.25) is 0 Å². The maximum absolute atomic E-state index is 11.7. The van der Waals surface area contributed by atoms with Crippen molar-refractivity contribution >= 4 is 28.4 Å². The summed E-state index contributed by atoms with van der Waals surface area (Å²) in [5.74, 6) is 0.262. The Bertz CT molecular complexity index is 931. The van der Waals surface area contributed by atoms with E-state index in [9.17, 15) is 4.79 Å². The van der Waals surface area contributed by atoms with Crippen molar-refractivity contribution in [2.75, 3.05) is 6.61 Å². The summed E-state index contributed by atoms with van der Waals surface area (Å²) in [6.45, 7) is 4.49. The number of amides is 1. The molecule has 130 valence electrons. The number of para-hydroxylation sites is 1. The van der Waals surface area contributed by atoms with Crippen molar-refractivity contribution in [1.29, 1.82) is 0 Å². The van der Waals surface area contributed by atoms with E-state index in [0.717, 1.165) is 34.0 Å². The first-order valence-electron chi connectivity index (χ1n) is 8.26. The van der Waals surface area contributed by atoms with Crippen molar-refractivity contribution in [3.8, 4) is 5.75 Å². The van der Waals surface area contributed by atoms with E-state index in [4.69, 9.17) is 22.1 Å². The van der Waals surface area contributed by atoms with Crippen LogP contribution in [0.15, 0.2) is 36.4 Å². The number of halogens is 1. The van der Waals surface area contributed by atoms with Gasteiger partial charge in [-0.1, -0.05) is 35.9 Å². The number of aromatic nitrogens is 1. The molecule has 0 saturated heterocycles. The molecule has 0 radical (unpaired) electrons. The number of ether oxygens (including phenoxy) is 1. The van der Waals surface area contributed by atoms with E-state index < -0.39 is 5.91 Å². The van der Waals surface area contributed by atoms with Crippen molar-refractivity contribution in [2.45, 2.75) is 26.7 Å². The molecule has 5 heteroatoms. The fourth-order valence-electron chi connectivity index (χ4n) is 3.12. The summed E-state index contributed by atoms with van der Waals surface area (Å²) in [6, 6.07) is 11.8. The number of fused-ring (bicyclic) bond motifs is 1. The lowest BCUT2D eigenvalue weighted by atomic mass is 10.1. The molecule has 25 heavy (non-hydrogen) atoms. The summed E-state index contributed by atoms with van der Waals surface area (Å²) in [5.41, 5.74) is 9.97. The average molecular weight is 357 g/mol.